The van der Waals surface area contributed by atoms with E-state index in [9.17, 15) is 4.79 Å². The molecule has 0 heterocycles. The van der Waals surface area contributed by atoms with Gasteiger partial charge in [0.2, 0.25) is 0 Å². The fourth-order valence-electron chi connectivity index (χ4n) is 2.29. The minimum absolute atomic E-state index is 0.173. The number of ether oxygens (including phenoxy) is 2. The van der Waals surface area contributed by atoms with Crippen molar-refractivity contribution in [2.24, 2.45) is 0 Å². The zero-order valence-corrected chi connectivity index (χ0v) is 13.6. The lowest BCUT2D eigenvalue weighted by atomic mass is 10.1. The number of rotatable bonds is 10. The lowest BCUT2D eigenvalue weighted by molar-refractivity contribution is -0.134. The van der Waals surface area contributed by atoms with Crippen LogP contribution >= 0.6 is 0 Å². The highest BCUT2D eigenvalue weighted by molar-refractivity contribution is 5.73. The van der Waals surface area contributed by atoms with Crippen LogP contribution in [0, 0.1) is 0 Å². The molecule has 1 aromatic carbocycles. The van der Waals surface area contributed by atoms with Crippen LogP contribution in [0.3, 0.4) is 0 Å². The molecule has 0 amide bonds. The molecule has 0 aliphatic heterocycles. The second kappa shape index (κ2) is 10.3. The van der Waals surface area contributed by atoms with E-state index in [4.69, 9.17) is 9.47 Å². The van der Waals surface area contributed by atoms with E-state index >= 15 is 0 Å². The molecule has 0 aliphatic rings. The predicted molar refractivity (Wildman–Crippen MR) is 86.0 cm³/mol. The van der Waals surface area contributed by atoms with Crippen LogP contribution in [-0.2, 0) is 11.2 Å². The summed E-state index contributed by atoms with van der Waals surface area (Å²) in [5, 5.41) is 0. The van der Waals surface area contributed by atoms with Gasteiger partial charge in [-0.05, 0) is 30.5 Å². The first-order valence-electron chi connectivity index (χ1n) is 8.08. The molecule has 1 rings (SSSR count). The number of carbonyl (C=O) groups is 1. The molecule has 0 radical (unpaired) electrons. The number of carbonyl (C=O) groups excluding carboxylic acids is 1. The Morgan fingerprint density at radius 2 is 1.76 bits per heavy atom. The first-order valence-corrected chi connectivity index (χ1v) is 8.08. The van der Waals surface area contributed by atoms with E-state index in [0.717, 1.165) is 25.7 Å². The second-order valence-electron chi connectivity index (χ2n) is 5.37. The van der Waals surface area contributed by atoms with Crippen LogP contribution in [0.5, 0.6) is 11.5 Å². The Morgan fingerprint density at radius 1 is 1.00 bits per heavy atom. The maximum absolute atomic E-state index is 11.8. The number of aryl methyl sites for hydroxylation is 1. The number of unbranched alkanes of at least 4 members (excludes halogenated alkanes) is 4. The van der Waals surface area contributed by atoms with Crippen LogP contribution in [-0.4, -0.2) is 13.1 Å². The fourth-order valence-corrected chi connectivity index (χ4v) is 2.29. The Kier molecular flexibility index (Phi) is 8.56. The molecule has 0 spiro atoms. The highest BCUT2D eigenvalue weighted by atomic mass is 16.6. The Bertz CT molecular complexity index is 426. The summed E-state index contributed by atoms with van der Waals surface area (Å²) in [5.41, 5.74) is 1.20. The van der Waals surface area contributed by atoms with Gasteiger partial charge in [0.1, 0.15) is 0 Å². The van der Waals surface area contributed by atoms with Gasteiger partial charge in [0.25, 0.3) is 0 Å². The first-order chi connectivity index (χ1) is 10.2. The van der Waals surface area contributed by atoms with Gasteiger partial charge in [0.15, 0.2) is 11.5 Å². The Balaban J connectivity index is 2.47. The molecule has 3 heteroatoms. The molecule has 0 atom stereocenters. The molecular weight excluding hydrogens is 264 g/mol. The van der Waals surface area contributed by atoms with Crippen molar-refractivity contribution in [3.63, 3.8) is 0 Å². The van der Waals surface area contributed by atoms with E-state index in [1.54, 1.807) is 7.11 Å². The van der Waals surface area contributed by atoms with Crippen molar-refractivity contribution < 1.29 is 14.3 Å². The van der Waals surface area contributed by atoms with Gasteiger partial charge in [0, 0.05) is 6.42 Å². The minimum Gasteiger partial charge on any atom is -0.493 e. The van der Waals surface area contributed by atoms with Crippen LogP contribution in [0.25, 0.3) is 0 Å². The van der Waals surface area contributed by atoms with Crippen LogP contribution in [0.2, 0.25) is 0 Å². The molecule has 118 valence electrons. The maximum atomic E-state index is 11.8. The number of hydrogen-bond donors (Lipinski definition) is 0. The largest absolute Gasteiger partial charge is 0.493 e. The average molecular weight is 292 g/mol. The SMILES string of the molecule is CCCCCCCC(=O)Oc1ccc(CCC)cc1OC. The topological polar surface area (TPSA) is 35.5 Å². The summed E-state index contributed by atoms with van der Waals surface area (Å²) in [6.07, 6.45) is 8.20. The molecule has 0 saturated heterocycles. The molecule has 21 heavy (non-hydrogen) atoms. The summed E-state index contributed by atoms with van der Waals surface area (Å²) in [6.45, 7) is 4.32. The molecule has 1 aromatic rings. The maximum Gasteiger partial charge on any atom is 0.311 e. The van der Waals surface area contributed by atoms with E-state index in [2.05, 4.69) is 13.8 Å². The molecule has 0 saturated carbocycles. The lowest BCUT2D eigenvalue weighted by Crippen LogP contribution is -2.08. The monoisotopic (exact) mass is 292 g/mol. The zero-order valence-electron chi connectivity index (χ0n) is 13.6. The van der Waals surface area contributed by atoms with E-state index in [1.165, 1.54) is 24.8 Å². The summed E-state index contributed by atoms with van der Waals surface area (Å²) in [7, 11) is 1.60. The Labute approximate surface area is 128 Å². The Hall–Kier alpha value is -1.51. The number of methoxy groups -OCH3 is 1. The molecule has 0 unspecified atom stereocenters. The van der Waals surface area contributed by atoms with Gasteiger partial charge >= 0.3 is 5.97 Å². The summed E-state index contributed by atoms with van der Waals surface area (Å²) < 4.78 is 10.7. The van der Waals surface area contributed by atoms with E-state index < -0.39 is 0 Å². The zero-order chi connectivity index (χ0) is 15.5. The second-order valence-corrected chi connectivity index (χ2v) is 5.37. The number of benzene rings is 1. The van der Waals surface area contributed by atoms with Gasteiger partial charge in [-0.1, -0.05) is 52.0 Å². The molecule has 0 fully saturated rings. The number of hydrogen-bond acceptors (Lipinski definition) is 3. The van der Waals surface area contributed by atoms with Crippen molar-refractivity contribution in [3.8, 4) is 11.5 Å². The van der Waals surface area contributed by atoms with E-state index in [0.29, 0.717) is 17.9 Å². The molecule has 0 bridgehead atoms. The van der Waals surface area contributed by atoms with Crippen molar-refractivity contribution in [1.29, 1.82) is 0 Å². The van der Waals surface area contributed by atoms with E-state index in [-0.39, 0.29) is 5.97 Å². The lowest BCUT2D eigenvalue weighted by Gasteiger charge is -2.10. The molecule has 0 N–H and O–H groups in total. The van der Waals surface area contributed by atoms with Crippen LogP contribution < -0.4 is 9.47 Å². The van der Waals surface area contributed by atoms with Crippen molar-refractivity contribution in [2.75, 3.05) is 7.11 Å². The smallest absolute Gasteiger partial charge is 0.311 e. The van der Waals surface area contributed by atoms with Gasteiger partial charge < -0.3 is 9.47 Å². The van der Waals surface area contributed by atoms with Crippen molar-refractivity contribution >= 4 is 5.97 Å². The van der Waals surface area contributed by atoms with Crippen molar-refractivity contribution in [3.05, 3.63) is 23.8 Å². The van der Waals surface area contributed by atoms with Crippen LogP contribution in [0.15, 0.2) is 18.2 Å². The van der Waals surface area contributed by atoms with Gasteiger partial charge in [-0.2, -0.15) is 0 Å². The van der Waals surface area contributed by atoms with Crippen molar-refractivity contribution in [2.45, 2.75) is 65.2 Å². The van der Waals surface area contributed by atoms with Gasteiger partial charge in [-0.15, -0.1) is 0 Å². The quantitative estimate of drug-likeness (QED) is 0.349. The standard InChI is InChI=1S/C18H28O3/c1-4-6-7-8-9-11-18(19)21-16-13-12-15(10-5-2)14-17(16)20-3/h12-14H,4-11H2,1-3H3. The fraction of sp³-hybridized carbons (Fsp3) is 0.611. The van der Waals surface area contributed by atoms with Crippen LogP contribution in [0.1, 0.15) is 64.4 Å². The van der Waals surface area contributed by atoms with Crippen molar-refractivity contribution in [1.82, 2.24) is 0 Å². The molecular formula is C18H28O3. The third kappa shape index (κ3) is 6.65. The normalized spacial score (nSPS) is 10.4. The summed E-state index contributed by atoms with van der Waals surface area (Å²) in [6, 6.07) is 5.78. The molecule has 3 nitrogen and oxygen atoms in total. The molecule has 0 aromatic heterocycles. The highest BCUT2D eigenvalue weighted by Gasteiger charge is 2.10. The highest BCUT2D eigenvalue weighted by Crippen LogP contribution is 2.29. The number of esters is 1. The third-order valence-electron chi connectivity index (χ3n) is 3.47. The summed E-state index contributed by atoms with van der Waals surface area (Å²) in [5.74, 6) is 0.990. The third-order valence-corrected chi connectivity index (χ3v) is 3.47. The van der Waals surface area contributed by atoms with Gasteiger partial charge in [-0.25, -0.2) is 0 Å². The predicted octanol–water partition coefficient (Wildman–Crippen LogP) is 4.91. The first kappa shape index (κ1) is 17.5. The van der Waals surface area contributed by atoms with Crippen LogP contribution in [0.4, 0.5) is 0 Å². The average Bonchev–Trinajstić information content (AvgIpc) is 2.49. The molecule has 0 aliphatic carbocycles. The van der Waals surface area contributed by atoms with E-state index in [1.807, 2.05) is 18.2 Å². The van der Waals surface area contributed by atoms with Gasteiger partial charge in [0.05, 0.1) is 7.11 Å². The minimum atomic E-state index is -0.173. The van der Waals surface area contributed by atoms with Gasteiger partial charge in [-0.3, -0.25) is 4.79 Å². The summed E-state index contributed by atoms with van der Waals surface area (Å²) in [4.78, 5) is 11.8. The Morgan fingerprint density at radius 3 is 2.43 bits per heavy atom. The summed E-state index contributed by atoms with van der Waals surface area (Å²) >= 11 is 0.